The summed E-state index contributed by atoms with van der Waals surface area (Å²) in [4.78, 5) is 39.1. The van der Waals surface area contributed by atoms with Crippen LogP contribution in [0.3, 0.4) is 0 Å². The maximum absolute atomic E-state index is 14.4. The first-order valence-electron chi connectivity index (χ1n) is 14.7. The molecule has 0 spiro atoms. The van der Waals surface area contributed by atoms with Gasteiger partial charge in [-0.05, 0) is 103 Å². The Morgan fingerprint density at radius 1 is 0.868 bits per heavy atom. The van der Waals surface area contributed by atoms with Crippen molar-refractivity contribution in [3.8, 4) is 0 Å². The number of hydrogen-bond acceptors (Lipinski definition) is 5. The lowest BCUT2D eigenvalue weighted by Gasteiger charge is -2.69. The van der Waals surface area contributed by atoms with Crippen LogP contribution in [0.5, 0.6) is 0 Å². The molecule has 0 aliphatic heterocycles. The van der Waals surface area contributed by atoms with Crippen LogP contribution in [-0.4, -0.2) is 30.9 Å². The van der Waals surface area contributed by atoms with E-state index in [0.717, 1.165) is 51.4 Å². The van der Waals surface area contributed by atoms with Crippen LogP contribution >= 0.6 is 0 Å². The van der Waals surface area contributed by atoms with Gasteiger partial charge >= 0.3 is 11.9 Å². The van der Waals surface area contributed by atoms with Crippen molar-refractivity contribution in [3.63, 3.8) is 0 Å². The van der Waals surface area contributed by atoms with Gasteiger partial charge in [-0.3, -0.25) is 14.4 Å². The lowest BCUT2D eigenvalue weighted by atomic mass is 9.34. The molecule has 0 saturated heterocycles. The van der Waals surface area contributed by atoms with Gasteiger partial charge in [-0.1, -0.05) is 47.6 Å². The van der Waals surface area contributed by atoms with Gasteiger partial charge in [-0.2, -0.15) is 0 Å². The van der Waals surface area contributed by atoms with Crippen molar-refractivity contribution >= 4 is 17.7 Å². The fourth-order valence-corrected chi connectivity index (χ4v) is 10.4. The van der Waals surface area contributed by atoms with E-state index in [0.29, 0.717) is 5.92 Å². The predicted molar refractivity (Wildman–Crippen MR) is 147 cm³/mol. The molecule has 5 aliphatic carbocycles. The van der Waals surface area contributed by atoms with E-state index in [-0.39, 0.29) is 56.8 Å². The van der Waals surface area contributed by atoms with Crippen LogP contribution in [0.1, 0.15) is 107 Å². The number of rotatable bonds is 2. The molecule has 0 aromatic carbocycles. The summed E-state index contributed by atoms with van der Waals surface area (Å²) in [5.41, 5.74) is 1.05. The van der Waals surface area contributed by atoms with Crippen LogP contribution in [-0.2, 0) is 23.9 Å². The molecule has 5 nitrogen and oxygen atoms in total. The first kappa shape index (κ1) is 27.6. The highest BCUT2D eigenvalue weighted by atomic mass is 16.5. The van der Waals surface area contributed by atoms with Crippen molar-refractivity contribution < 1.29 is 23.9 Å². The minimum absolute atomic E-state index is 0.0203. The Kier molecular flexibility index (Phi) is 6.04. The van der Waals surface area contributed by atoms with Crippen molar-refractivity contribution in [2.45, 2.75) is 113 Å². The van der Waals surface area contributed by atoms with Crippen molar-refractivity contribution in [1.82, 2.24) is 0 Å². The third-order valence-electron chi connectivity index (χ3n) is 12.9. The van der Waals surface area contributed by atoms with Crippen molar-refractivity contribution in [3.05, 3.63) is 23.3 Å². The van der Waals surface area contributed by atoms with Gasteiger partial charge in [0.15, 0.2) is 5.78 Å². The summed E-state index contributed by atoms with van der Waals surface area (Å²) in [5, 5.41) is 0. The third kappa shape index (κ3) is 3.45. The zero-order valence-corrected chi connectivity index (χ0v) is 25.1. The quantitative estimate of drug-likeness (QED) is 0.364. The Morgan fingerprint density at radius 2 is 1.53 bits per heavy atom. The summed E-state index contributed by atoms with van der Waals surface area (Å²) in [6.45, 7) is 17.5. The SMILES string of the molecule is COC(=O)C1(C)C=C2C3=CC(=O)C4C5(C)CCC(OC(C)=O)C(C)(C)C5CCC4(C)C3(C)CCC2(C)CC1. The Balaban J connectivity index is 1.62. The monoisotopic (exact) mass is 524 g/mol. The molecule has 5 aliphatic rings. The average Bonchev–Trinajstić information content (AvgIpc) is 2.82. The van der Waals surface area contributed by atoms with Gasteiger partial charge in [0, 0.05) is 18.3 Å². The zero-order chi connectivity index (χ0) is 28.1. The highest BCUT2D eigenvalue weighted by molar-refractivity contribution is 5.96. The van der Waals surface area contributed by atoms with E-state index in [2.05, 4.69) is 47.6 Å². The van der Waals surface area contributed by atoms with Gasteiger partial charge in [-0.15, -0.1) is 0 Å². The van der Waals surface area contributed by atoms with Gasteiger partial charge in [0.2, 0.25) is 0 Å². The number of ether oxygens (including phenoxy) is 2. The molecular weight excluding hydrogens is 476 g/mol. The van der Waals surface area contributed by atoms with E-state index >= 15 is 0 Å². The van der Waals surface area contributed by atoms with E-state index in [4.69, 9.17) is 9.47 Å². The Labute approximate surface area is 229 Å². The molecule has 38 heavy (non-hydrogen) atoms. The summed E-state index contributed by atoms with van der Waals surface area (Å²) in [7, 11) is 1.47. The lowest BCUT2D eigenvalue weighted by Crippen LogP contribution is -2.66. The topological polar surface area (TPSA) is 69.7 Å². The molecule has 210 valence electrons. The smallest absolute Gasteiger partial charge is 0.315 e. The normalized spacial score (nSPS) is 47.3. The number of carbonyl (C=O) groups excluding carboxylic acids is 3. The molecule has 8 unspecified atom stereocenters. The fraction of sp³-hybridized carbons (Fsp3) is 0.788. The van der Waals surface area contributed by atoms with Gasteiger partial charge < -0.3 is 9.47 Å². The Morgan fingerprint density at radius 3 is 2.16 bits per heavy atom. The molecule has 8 atom stereocenters. The van der Waals surface area contributed by atoms with Crippen molar-refractivity contribution in [2.24, 2.45) is 44.3 Å². The molecule has 5 rings (SSSR count). The molecule has 0 aromatic rings. The molecule has 0 aromatic heterocycles. The van der Waals surface area contributed by atoms with E-state index in [1.54, 1.807) is 0 Å². The zero-order valence-electron chi connectivity index (χ0n) is 25.1. The van der Waals surface area contributed by atoms with Crippen molar-refractivity contribution in [1.29, 1.82) is 0 Å². The molecule has 5 heteroatoms. The highest BCUT2D eigenvalue weighted by Gasteiger charge is 2.69. The minimum Gasteiger partial charge on any atom is -0.468 e. The molecule has 0 N–H and O–H groups in total. The number of methoxy groups -OCH3 is 1. The summed E-state index contributed by atoms with van der Waals surface area (Å²) in [6, 6.07) is 0. The number of esters is 2. The van der Waals surface area contributed by atoms with E-state index in [9.17, 15) is 14.4 Å². The Hall–Kier alpha value is -1.91. The van der Waals surface area contributed by atoms with Crippen LogP contribution in [0.2, 0.25) is 0 Å². The van der Waals surface area contributed by atoms with Crippen LogP contribution < -0.4 is 0 Å². The minimum atomic E-state index is -0.660. The number of allylic oxidation sites excluding steroid dienone is 3. The molecule has 0 heterocycles. The predicted octanol–water partition coefficient (Wildman–Crippen LogP) is 6.99. The number of ketones is 1. The number of hydrogen-bond donors (Lipinski definition) is 0. The second-order valence-electron chi connectivity index (χ2n) is 15.2. The molecular formula is C33H48O5. The largest absolute Gasteiger partial charge is 0.468 e. The molecule has 0 amide bonds. The molecule has 0 bridgehead atoms. The fourth-order valence-electron chi connectivity index (χ4n) is 10.4. The standard InChI is InChI=1S/C33H48O5/c1-20(34)38-25-11-12-31(6)24(28(25,2)3)10-13-33(8)26(31)23(35)18-21-22-19-30(5,27(36)37-9)15-14-29(22,4)16-17-32(21,33)7/h18-19,24-26H,10-17H2,1-9H3. The summed E-state index contributed by atoms with van der Waals surface area (Å²) >= 11 is 0. The molecule has 3 fully saturated rings. The second-order valence-corrected chi connectivity index (χ2v) is 15.2. The number of carbonyl (C=O) groups is 3. The first-order valence-corrected chi connectivity index (χ1v) is 14.7. The van der Waals surface area contributed by atoms with Crippen LogP contribution in [0.15, 0.2) is 23.3 Å². The number of fused-ring (bicyclic) bond motifs is 7. The highest BCUT2D eigenvalue weighted by Crippen LogP contribution is 2.74. The van der Waals surface area contributed by atoms with Crippen LogP contribution in [0.25, 0.3) is 0 Å². The Bertz CT molecular complexity index is 1150. The second kappa shape index (κ2) is 8.30. The summed E-state index contributed by atoms with van der Waals surface area (Å²) in [6.07, 6.45) is 11.6. The van der Waals surface area contributed by atoms with Gasteiger partial charge in [0.1, 0.15) is 6.10 Å². The maximum Gasteiger partial charge on any atom is 0.315 e. The maximum atomic E-state index is 14.4. The lowest BCUT2D eigenvalue weighted by molar-refractivity contribution is -0.206. The first-order chi connectivity index (χ1) is 17.5. The third-order valence-corrected chi connectivity index (χ3v) is 12.9. The summed E-state index contributed by atoms with van der Waals surface area (Å²) < 4.78 is 11.0. The van der Waals surface area contributed by atoms with Crippen LogP contribution in [0.4, 0.5) is 0 Å². The van der Waals surface area contributed by atoms with Gasteiger partial charge in [0.05, 0.1) is 12.5 Å². The van der Waals surface area contributed by atoms with Crippen molar-refractivity contribution in [2.75, 3.05) is 7.11 Å². The van der Waals surface area contributed by atoms with Gasteiger partial charge in [0.25, 0.3) is 0 Å². The molecule has 0 radical (unpaired) electrons. The molecule has 3 saturated carbocycles. The van der Waals surface area contributed by atoms with Gasteiger partial charge in [-0.25, -0.2) is 0 Å². The van der Waals surface area contributed by atoms with E-state index < -0.39 is 5.41 Å². The average molecular weight is 525 g/mol. The van der Waals surface area contributed by atoms with Crippen LogP contribution in [0, 0.1) is 44.3 Å². The summed E-state index contributed by atoms with van der Waals surface area (Å²) in [5.74, 6) is 0.0844. The van der Waals surface area contributed by atoms with E-state index in [1.807, 2.05) is 13.0 Å². The van der Waals surface area contributed by atoms with E-state index in [1.165, 1.54) is 25.2 Å².